The number of guanidine groups is 1. The number of nitrogens with one attached hydrogen (secondary N) is 2. The summed E-state index contributed by atoms with van der Waals surface area (Å²) < 4.78 is 7.75. The van der Waals surface area contributed by atoms with Gasteiger partial charge in [-0.1, -0.05) is 36.4 Å². The summed E-state index contributed by atoms with van der Waals surface area (Å²) in [4.78, 5) is 9.08. The zero-order valence-corrected chi connectivity index (χ0v) is 21.1. The zero-order valence-electron chi connectivity index (χ0n) is 18.8. The number of halogens is 1. The third kappa shape index (κ3) is 6.48. The van der Waals surface area contributed by atoms with Crippen LogP contribution in [0.3, 0.4) is 0 Å². The van der Waals surface area contributed by atoms with Gasteiger partial charge in [-0.05, 0) is 48.6 Å². The Balaban J connectivity index is 0.00000289. The first-order valence-corrected chi connectivity index (χ1v) is 11.0. The standard InChI is InChI=1S/C25H31N5O.HI/c1-3-26-25(28-11-9-20-7-8-24-23(16-20)10-14-31-24)29-17-21-5-4-6-22(15-21)18-30-13-12-27-19(30)2;/h4-8,12-13,15-16H,3,9-11,14,17-18H2,1-2H3,(H2,26,28,29);1H. The average molecular weight is 545 g/mol. The summed E-state index contributed by atoms with van der Waals surface area (Å²) >= 11 is 0. The molecule has 7 heteroatoms. The van der Waals surface area contributed by atoms with Crippen molar-refractivity contribution in [3.8, 4) is 5.75 Å². The number of ether oxygens (including phenoxy) is 1. The van der Waals surface area contributed by atoms with Gasteiger partial charge in [-0.3, -0.25) is 0 Å². The van der Waals surface area contributed by atoms with E-state index in [1.807, 2.05) is 19.3 Å². The number of hydrogen-bond donors (Lipinski definition) is 2. The molecule has 0 fully saturated rings. The number of aromatic nitrogens is 2. The van der Waals surface area contributed by atoms with Gasteiger partial charge in [0, 0.05) is 38.4 Å². The minimum absolute atomic E-state index is 0. The van der Waals surface area contributed by atoms with Crippen LogP contribution in [0.5, 0.6) is 5.75 Å². The van der Waals surface area contributed by atoms with Gasteiger partial charge in [-0.15, -0.1) is 24.0 Å². The molecular weight excluding hydrogens is 513 g/mol. The van der Waals surface area contributed by atoms with Gasteiger partial charge in [0.25, 0.3) is 0 Å². The van der Waals surface area contributed by atoms with Gasteiger partial charge < -0.3 is 19.9 Å². The lowest BCUT2D eigenvalue weighted by Crippen LogP contribution is -2.38. The van der Waals surface area contributed by atoms with E-state index in [-0.39, 0.29) is 24.0 Å². The van der Waals surface area contributed by atoms with Crippen molar-refractivity contribution in [3.05, 3.63) is 82.9 Å². The highest BCUT2D eigenvalue weighted by Gasteiger charge is 2.11. The molecule has 0 bridgehead atoms. The van der Waals surface area contributed by atoms with Crippen LogP contribution in [-0.4, -0.2) is 35.2 Å². The Labute approximate surface area is 207 Å². The molecular formula is C25H32IN5O. The number of fused-ring (bicyclic) bond motifs is 1. The van der Waals surface area contributed by atoms with Crippen molar-refractivity contribution >= 4 is 29.9 Å². The van der Waals surface area contributed by atoms with Crippen LogP contribution in [0.15, 0.2) is 59.9 Å². The lowest BCUT2D eigenvalue weighted by atomic mass is 10.1. The molecule has 0 amide bonds. The molecule has 1 aliphatic heterocycles. The number of rotatable bonds is 8. The highest BCUT2D eigenvalue weighted by molar-refractivity contribution is 14.0. The van der Waals surface area contributed by atoms with Crippen molar-refractivity contribution in [2.75, 3.05) is 19.7 Å². The first-order chi connectivity index (χ1) is 15.2. The number of aryl methyl sites for hydroxylation is 1. The van der Waals surface area contributed by atoms with E-state index in [1.165, 1.54) is 22.3 Å². The number of benzene rings is 2. The van der Waals surface area contributed by atoms with Crippen LogP contribution in [-0.2, 0) is 25.9 Å². The molecule has 2 N–H and O–H groups in total. The van der Waals surface area contributed by atoms with Crippen molar-refractivity contribution in [2.24, 2.45) is 4.99 Å². The molecule has 0 aliphatic carbocycles. The van der Waals surface area contributed by atoms with Gasteiger partial charge in [0.1, 0.15) is 11.6 Å². The van der Waals surface area contributed by atoms with Gasteiger partial charge in [-0.25, -0.2) is 9.98 Å². The summed E-state index contributed by atoms with van der Waals surface area (Å²) in [5, 5.41) is 6.81. The molecule has 0 saturated carbocycles. The summed E-state index contributed by atoms with van der Waals surface area (Å²) in [5.41, 5.74) is 5.11. The molecule has 6 nitrogen and oxygen atoms in total. The van der Waals surface area contributed by atoms with E-state index in [4.69, 9.17) is 9.73 Å². The lowest BCUT2D eigenvalue weighted by molar-refractivity contribution is 0.357. The minimum atomic E-state index is 0. The maximum Gasteiger partial charge on any atom is 0.191 e. The number of nitrogens with zero attached hydrogens (tertiary/aromatic N) is 3. The molecule has 0 saturated heterocycles. The van der Waals surface area contributed by atoms with Gasteiger partial charge in [0.2, 0.25) is 0 Å². The number of imidazole rings is 1. The van der Waals surface area contributed by atoms with Crippen molar-refractivity contribution < 1.29 is 4.74 Å². The topological polar surface area (TPSA) is 63.5 Å². The first-order valence-electron chi connectivity index (χ1n) is 11.0. The zero-order chi connectivity index (χ0) is 21.5. The average Bonchev–Trinajstić information content (AvgIpc) is 3.41. The number of aliphatic imine (C=N–C) groups is 1. The van der Waals surface area contributed by atoms with Crippen LogP contribution in [0, 0.1) is 6.92 Å². The summed E-state index contributed by atoms with van der Waals surface area (Å²) in [7, 11) is 0. The van der Waals surface area contributed by atoms with E-state index in [0.29, 0.717) is 6.54 Å². The molecule has 1 aliphatic rings. The summed E-state index contributed by atoms with van der Waals surface area (Å²) in [6.07, 6.45) is 5.83. The molecule has 170 valence electrons. The Morgan fingerprint density at radius 2 is 2.00 bits per heavy atom. The quantitative estimate of drug-likeness (QED) is 0.254. The van der Waals surface area contributed by atoms with Gasteiger partial charge >= 0.3 is 0 Å². The van der Waals surface area contributed by atoms with Crippen molar-refractivity contribution in [2.45, 2.75) is 39.8 Å². The van der Waals surface area contributed by atoms with Gasteiger partial charge in [-0.2, -0.15) is 0 Å². The van der Waals surface area contributed by atoms with E-state index >= 15 is 0 Å². The van der Waals surface area contributed by atoms with Gasteiger partial charge in [0.05, 0.1) is 13.2 Å². The molecule has 2 aromatic carbocycles. The van der Waals surface area contributed by atoms with E-state index in [0.717, 1.165) is 56.6 Å². The van der Waals surface area contributed by atoms with Crippen molar-refractivity contribution in [3.63, 3.8) is 0 Å². The van der Waals surface area contributed by atoms with Crippen LogP contribution < -0.4 is 15.4 Å². The fourth-order valence-electron chi connectivity index (χ4n) is 3.83. The molecule has 3 aromatic rings. The third-order valence-electron chi connectivity index (χ3n) is 5.49. The second kappa shape index (κ2) is 11.9. The Morgan fingerprint density at radius 3 is 2.81 bits per heavy atom. The molecule has 1 aromatic heterocycles. The maximum atomic E-state index is 5.60. The van der Waals surface area contributed by atoms with Crippen molar-refractivity contribution in [1.82, 2.24) is 20.2 Å². The fourth-order valence-corrected chi connectivity index (χ4v) is 3.83. The molecule has 2 heterocycles. The first kappa shape index (κ1) is 24.1. The van der Waals surface area contributed by atoms with Crippen LogP contribution in [0.25, 0.3) is 0 Å². The fraction of sp³-hybridized carbons (Fsp3) is 0.360. The highest BCUT2D eigenvalue weighted by atomic mass is 127. The Morgan fingerprint density at radius 1 is 1.12 bits per heavy atom. The summed E-state index contributed by atoms with van der Waals surface area (Å²) in [6, 6.07) is 15.1. The Bertz CT molecular complexity index is 1050. The van der Waals surface area contributed by atoms with E-state index in [2.05, 4.69) is 69.6 Å². The highest BCUT2D eigenvalue weighted by Crippen LogP contribution is 2.25. The van der Waals surface area contributed by atoms with Gasteiger partial charge in [0.15, 0.2) is 5.96 Å². The molecule has 0 spiro atoms. The van der Waals surface area contributed by atoms with Crippen LogP contribution in [0.1, 0.15) is 35.0 Å². The second-order valence-corrected chi connectivity index (χ2v) is 7.83. The van der Waals surface area contributed by atoms with E-state index < -0.39 is 0 Å². The minimum Gasteiger partial charge on any atom is -0.493 e. The Hall–Kier alpha value is -2.55. The SMILES string of the molecule is CCNC(=NCc1cccc(Cn2ccnc2C)c1)NCCc1ccc2c(c1)CCO2.I. The summed E-state index contributed by atoms with van der Waals surface area (Å²) in [6.45, 7) is 8.06. The lowest BCUT2D eigenvalue weighted by Gasteiger charge is -2.12. The molecule has 0 atom stereocenters. The predicted octanol–water partition coefficient (Wildman–Crippen LogP) is 4.09. The monoisotopic (exact) mass is 545 g/mol. The third-order valence-corrected chi connectivity index (χ3v) is 5.49. The largest absolute Gasteiger partial charge is 0.493 e. The van der Waals surface area contributed by atoms with Crippen LogP contribution >= 0.6 is 24.0 Å². The van der Waals surface area contributed by atoms with Crippen molar-refractivity contribution in [1.29, 1.82) is 0 Å². The van der Waals surface area contributed by atoms with Crippen LogP contribution in [0.2, 0.25) is 0 Å². The van der Waals surface area contributed by atoms with Crippen LogP contribution in [0.4, 0.5) is 0 Å². The molecule has 0 radical (unpaired) electrons. The molecule has 0 unspecified atom stereocenters. The number of hydrogen-bond acceptors (Lipinski definition) is 3. The molecule has 4 rings (SSSR count). The molecule has 32 heavy (non-hydrogen) atoms. The predicted molar refractivity (Wildman–Crippen MR) is 140 cm³/mol. The Kier molecular flexibility index (Phi) is 8.96. The van der Waals surface area contributed by atoms with E-state index in [1.54, 1.807) is 0 Å². The smallest absolute Gasteiger partial charge is 0.191 e. The second-order valence-electron chi connectivity index (χ2n) is 7.83. The maximum absolute atomic E-state index is 5.60. The van der Waals surface area contributed by atoms with E-state index in [9.17, 15) is 0 Å². The summed E-state index contributed by atoms with van der Waals surface area (Å²) in [5.74, 6) is 2.91. The normalized spacial score (nSPS) is 12.6.